The van der Waals surface area contributed by atoms with Crippen molar-refractivity contribution in [3.05, 3.63) is 155 Å². The Morgan fingerprint density at radius 1 is 0.462 bits per heavy atom. The molecule has 0 aromatic heterocycles. The van der Waals surface area contributed by atoms with Crippen LogP contribution < -0.4 is 9.47 Å². The molecule has 2 heterocycles. The second-order valence-corrected chi connectivity index (χ2v) is 13.4. The first-order valence-electron chi connectivity index (χ1n) is 17.9. The summed E-state index contributed by atoms with van der Waals surface area (Å²) >= 11 is 0. The molecule has 2 aliphatic carbocycles. The van der Waals surface area contributed by atoms with Gasteiger partial charge in [-0.1, -0.05) is 111 Å². The molecule has 10 rings (SSSR count). The summed E-state index contributed by atoms with van der Waals surface area (Å²) in [6.45, 7) is 5.10. The smallest absolute Gasteiger partial charge is 0.197 e. The van der Waals surface area contributed by atoms with Crippen molar-refractivity contribution in [2.75, 3.05) is 13.2 Å². The van der Waals surface area contributed by atoms with E-state index in [4.69, 9.17) is 18.9 Å². The Kier molecular flexibility index (Phi) is 7.69. The van der Waals surface area contributed by atoms with Crippen LogP contribution in [0.15, 0.2) is 121 Å². The van der Waals surface area contributed by atoms with Gasteiger partial charge in [0.1, 0.15) is 23.0 Å². The van der Waals surface area contributed by atoms with Gasteiger partial charge in [-0.25, -0.2) is 0 Å². The third kappa shape index (κ3) is 4.58. The molecular formula is C46H36O6. The van der Waals surface area contributed by atoms with Crippen LogP contribution in [0.25, 0.3) is 33.7 Å². The summed E-state index contributed by atoms with van der Waals surface area (Å²) in [5.41, 5.74) is 2.93. The Hall–Kier alpha value is -5.82. The van der Waals surface area contributed by atoms with Crippen molar-refractivity contribution in [1.82, 2.24) is 0 Å². The minimum Gasteiger partial charge on any atom is -0.456 e. The quantitative estimate of drug-likeness (QED) is 0.174. The molecule has 6 aromatic rings. The van der Waals surface area contributed by atoms with Gasteiger partial charge in [-0.15, -0.1) is 0 Å². The van der Waals surface area contributed by atoms with Gasteiger partial charge < -0.3 is 18.9 Å². The molecule has 0 fully saturated rings. The summed E-state index contributed by atoms with van der Waals surface area (Å²) in [5, 5.41) is 4.12. The van der Waals surface area contributed by atoms with Crippen molar-refractivity contribution >= 4 is 45.3 Å². The number of hydrogen-bond donors (Lipinski definition) is 0. The van der Waals surface area contributed by atoms with E-state index in [2.05, 4.69) is 13.8 Å². The van der Waals surface area contributed by atoms with Gasteiger partial charge in [0.2, 0.25) is 0 Å². The third-order valence-corrected chi connectivity index (χ3v) is 10.3. The highest BCUT2D eigenvalue weighted by Crippen LogP contribution is 2.56. The van der Waals surface area contributed by atoms with Crippen LogP contribution in [0.3, 0.4) is 0 Å². The molecule has 2 atom stereocenters. The molecule has 0 amide bonds. The summed E-state index contributed by atoms with van der Waals surface area (Å²) in [4.78, 5) is 26.7. The first-order valence-corrected chi connectivity index (χ1v) is 17.9. The lowest BCUT2D eigenvalue weighted by atomic mass is 9.73. The van der Waals surface area contributed by atoms with Crippen LogP contribution >= 0.6 is 0 Å². The molecule has 2 aliphatic heterocycles. The highest BCUT2D eigenvalue weighted by molar-refractivity contribution is 6.12. The largest absolute Gasteiger partial charge is 0.456 e. The van der Waals surface area contributed by atoms with E-state index in [0.29, 0.717) is 36.2 Å². The van der Waals surface area contributed by atoms with Crippen LogP contribution in [0.5, 0.6) is 23.0 Å². The number of carbonyl (C=O) groups excluding carboxylic acids is 2. The van der Waals surface area contributed by atoms with Gasteiger partial charge in [-0.05, 0) is 81.9 Å². The molecule has 0 radical (unpaired) electrons. The summed E-state index contributed by atoms with van der Waals surface area (Å²) in [5.74, 6) is 2.66. The van der Waals surface area contributed by atoms with Gasteiger partial charge in [0, 0.05) is 35.5 Å². The van der Waals surface area contributed by atoms with Crippen LogP contribution in [0.4, 0.5) is 0 Å². The fourth-order valence-corrected chi connectivity index (χ4v) is 8.18. The lowest BCUT2D eigenvalue weighted by molar-refractivity contribution is -0.136. The van der Waals surface area contributed by atoms with Crippen molar-refractivity contribution in [3.8, 4) is 23.0 Å². The first-order chi connectivity index (χ1) is 25.5. The molecule has 0 unspecified atom stereocenters. The summed E-state index contributed by atoms with van der Waals surface area (Å²) in [7, 11) is 0. The average Bonchev–Trinajstić information content (AvgIpc) is 3.18. The molecule has 6 heteroatoms. The van der Waals surface area contributed by atoms with Crippen molar-refractivity contribution in [2.45, 2.75) is 37.9 Å². The van der Waals surface area contributed by atoms with Gasteiger partial charge in [0.25, 0.3) is 0 Å². The standard InChI is InChI=1S/2C23H18O3/c2*1-2-14-25-23-20(24)13-11-16-7-5-9-18(21(16)23)26-19-12-10-15-6-3-4-8-17(15)22(19)23/h2*3-13H,2,14H2,1H3/t2*23-/m10/s1. The monoisotopic (exact) mass is 684 g/mol. The highest BCUT2D eigenvalue weighted by Gasteiger charge is 2.53. The van der Waals surface area contributed by atoms with Gasteiger partial charge in [0.05, 0.1) is 0 Å². The summed E-state index contributed by atoms with van der Waals surface area (Å²) < 4.78 is 25.2. The fourth-order valence-electron chi connectivity index (χ4n) is 8.18. The van der Waals surface area contributed by atoms with Crippen molar-refractivity contribution in [2.24, 2.45) is 0 Å². The predicted molar refractivity (Wildman–Crippen MR) is 203 cm³/mol. The number of hydrogen-bond acceptors (Lipinski definition) is 6. The number of ketones is 2. The van der Waals surface area contributed by atoms with Gasteiger partial charge in [-0.3, -0.25) is 9.59 Å². The minimum atomic E-state index is -1.15. The molecule has 6 nitrogen and oxygen atoms in total. The van der Waals surface area contributed by atoms with Crippen molar-refractivity contribution in [1.29, 1.82) is 0 Å². The maximum absolute atomic E-state index is 13.3. The minimum absolute atomic E-state index is 0.0493. The summed E-state index contributed by atoms with van der Waals surface area (Å²) in [6.07, 6.45) is 8.65. The molecule has 4 aliphatic rings. The molecule has 256 valence electrons. The molecule has 0 bridgehead atoms. The molecular weight excluding hydrogens is 649 g/mol. The molecule has 52 heavy (non-hydrogen) atoms. The Balaban J connectivity index is 0.000000138. The number of benzene rings is 6. The normalized spacial score (nSPS) is 19.8. The Morgan fingerprint density at radius 3 is 1.33 bits per heavy atom. The molecule has 0 spiro atoms. The van der Waals surface area contributed by atoms with E-state index in [1.165, 1.54) is 0 Å². The van der Waals surface area contributed by atoms with Crippen LogP contribution in [-0.2, 0) is 30.3 Å². The van der Waals surface area contributed by atoms with Crippen LogP contribution in [0.1, 0.15) is 60.1 Å². The maximum atomic E-state index is 13.3. The Bertz CT molecular complexity index is 2330. The van der Waals surface area contributed by atoms with Gasteiger partial charge in [-0.2, -0.15) is 0 Å². The number of ether oxygens (including phenoxy) is 4. The van der Waals surface area contributed by atoms with E-state index in [0.717, 1.165) is 67.8 Å². The lowest BCUT2D eigenvalue weighted by Crippen LogP contribution is -2.43. The van der Waals surface area contributed by atoms with E-state index < -0.39 is 11.2 Å². The third-order valence-electron chi connectivity index (χ3n) is 10.3. The second kappa shape index (κ2) is 12.4. The average molecular weight is 685 g/mol. The zero-order chi connectivity index (χ0) is 35.5. The van der Waals surface area contributed by atoms with E-state index in [-0.39, 0.29) is 11.6 Å². The van der Waals surface area contributed by atoms with E-state index in [1.807, 2.05) is 121 Å². The highest BCUT2D eigenvalue weighted by atomic mass is 16.5. The summed E-state index contributed by atoms with van der Waals surface area (Å²) in [6, 6.07) is 35.8. The SMILES string of the molecule is CCCO[C@@]12C(=O)C=Cc3cccc(c31)Oc1ccc3ccccc3c12.CCCO[C@]12C(=O)C=Cc3cccc(c31)Oc1ccc3ccccc3c12. The van der Waals surface area contributed by atoms with E-state index in [1.54, 1.807) is 12.2 Å². The zero-order valence-corrected chi connectivity index (χ0v) is 29.0. The maximum Gasteiger partial charge on any atom is 0.197 e. The molecule has 6 aromatic carbocycles. The van der Waals surface area contributed by atoms with Crippen LogP contribution in [0.2, 0.25) is 0 Å². The lowest BCUT2D eigenvalue weighted by Gasteiger charge is -2.41. The second-order valence-electron chi connectivity index (χ2n) is 13.4. The Morgan fingerprint density at radius 2 is 0.885 bits per heavy atom. The predicted octanol–water partition coefficient (Wildman–Crippen LogP) is 10.4. The van der Waals surface area contributed by atoms with Crippen molar-refractivity contribution in [3.63, 3.8) is 0 Å². The number of rotatable bonds is 6. The number of carbonyl (C=O) groups is 2. The molecule has 0 N–H and O–H groups in total. The zero-order valence-electron chi connectivity index (χ0n) is 29.0. The van der Waals surface area contributed by atoms with E-state index >= 15 is 0 Å². The van der Waals surface area contributed by atoms with Gasteiger partial charge >= 0.3 is 0 Å². The Labute approximate surface area is 301 Å². The van der Waals surface area contributed by atoms with Crippen LogP contribution in [-0.4, -0.2) is 24.8 Å². The van der Waals surface area contributed by atoms with E-state index in [9.17, 15) is 9.59 Å². The topological polar surface area (TPSA) is 71.1 Å². The number of fused-ring (bicyclic) bond motifs is 8. The fraction of sp³-hybridized carbons (Fsp3) is 0.174. The first kappa shape index (κ1) is 32.1. The van der Waals surface area contributed by atoms with Crippen molar-refractivity contribution < 1.29 is 28.5 Å². The molecule has 0 saturated carbocycles. The van der Waals surface area contributed by atoms with Crippen LogP contribution in [0, 0.1) is 0 Å². The van der Waals surface area contributed by atoms with Gasteiger partial charge in [0.15, 0.2) is 22.8 Å². The molecule has 0 saturated heterocycles.